The third-order valence-corrected chi connectivity index (χ3v) is 2.43. The van der Waals surface area contributed by atoms with Gasteiger partial charge in [-0.05, 0) is 25.9 Å². The van der Waals surface area contributed by atoms with Gasteiger partial charge in [-0.1, -0.05) is 0 Å². The standard InChI is InChI=1S/C9H15F3N2O/c1-2-14(6-9(10,11)12)8(15)3-7-4-13-5-7/h7,13H,2-6H2,1H3. The minimum absolute atomic E-state index is 0.110. The van der Waals surface area contributed by atoms with Gasteiger partial charge in [0.15, 0.2) is 0 Å². The first kappa shape index (κ1) is 12.3. The number of carbonyl (C=O) groups excluding carboxylic acids is 1. The van der Waals surface area contributed by atoms with Crippen LogP contribution in [0.15, 0.2) is 0 Å². The van der Waals surface area contributed by atoms with Crippen LogP contribution in [0.1, 0.15) is 13.3 Å². The van der Waals surface area contributed by atoms with Gasteiger partial charge in [-0.2, -0.15) is 13.2 Å². The first-order valence-corrected chi connectivity index (χ1v) is 4.97. The van der Waals surface area contributed by atoms with Gasteiger partial charge in [-0.3, -0.25) is 4.79 Å². The minimum Gasteiger partial charge on any atom is -0.334 e. The van der Waals surface area contributed by atoms with Crippen molar-refractivity contribution in [2.24, 2.45) is 5.92 Å². The molecule has 0 aromatic heterocycles. The van der Waals surface area contributed by atoms with Crippen molar-refractivity contribution in [2.45, 2.75) is 19.5 Å². The van der Waals surface area contributed by atoms with Crippen molar-refractivity contribution >= 4 is 5.91 Å². The quantitative estimate of drug-likeness (QED) is 0.772. The largest absolute Gasteiger partial charge is 0.406 e. The molecule has 0 unspecified atom stereocenters. The zero-order valence-corrected chi connectivity index (χ0v) is 8.60. The maximum atomic E-state index is 12.1. The van der Waals surface area contributed by atoms with Crippen LogP contribution in [0.25, 0.3) is 0 Å². The summed E-state index contributed by atoms with van der Waals surface area (Å²) in [6, 6.07) is 0. The summed E-state index contributed by atoms with van der Waals surface area (Å²) >= 11 is 0. The molecule has 0 saturated carbocycles. The van der Waals surface area contributed by atoms with Gasteiger partial charge in [0.2, 0.25) is 5.91 Å². The lowest BCUT2D eigenvalue weighted by Crippen LogP contribution is -2.46. The Labute approximate surface area is 86.6 Å². The summed E-state index contributed by atoms with van der Waals surface area (Å²) in [5, 5.41) is 2.98. The molecule has 0 aliphatic carbocycles. The molecule has 0 aromatic carbocycles. The van der Waals surface area contributed by atoms with E-state index in [1.807, 2.05) is 0 Å². The highest BCUT2D eigenvalue weighted by Gasteiger charge is 2.33. The summed E-state index contributed by atoms with van der Waals surface area (Å²) in [6.07, 6.45) is -4.08. The molecule has 3 nitrogen and oxygen atoms in total. The van der Waals surface area contributed by atoms with E-state index in [1.54, 1.807) is 6.92 Å². The van der Waals surface area contributed by atoms with Crippen LogP contribution in [-0.4, -0.2) is 43.2 Å². The van der Waals surface area contributed by atoms with Crippen LogP contribution in [0.5, 0.6) is 0 Å². The zero-order valence-electron chi connectivity index (χ0n) is 8.60. The number of alkyl halides is 3. The van der Waals surface area contributed by atoms with Gasteiger partial charge in [-0.25, -0.2) is 0 Å². The molecule has 1 saturated heterocycles. The maximum absolute atomic E-state index is 12.1. The lowest BCUT2D eigenvalue weighted by Gasteiger charge is -2.29. The number of carbonyl (C=O) groups is 1. The second kappa shape index (κ2) is 4.83. The minimum atomic E-state index is -4.30. The zero-order chi connectivity index (χ0) is 11.5. The van der Waals surface area contributed by atoms with E-state index in [4.69, 9.17) is 0 Å². The third kappa shape index (κ3) is 4.07. The molecule has 15 heavy (non-hydrogen) atoms. The molecule has 0 radical (unpaired) electrons. The third-order valence-electron chi connectivity index (χ3n) is 2.43. The van der Waals surface area contributed by atoms with Crippen LogP contribution >= 0.6 is 0 Å². The second-order valence-corrected chi connectivity index (χ2v) is 3.75. The van der Waals surface area contributed by atoms with Gasteiger partial charge in [0, 0.05) is 13.0 Å². The predicted octanol–water partition coefficient (Wildman–Crippen LogP) is 1.01. The van der Waals surface area contributed by atoms with Crippen LogP contribution in [0.4, 0.5) is 13.2 Å². The average Bonchev–Trinajstić information content (AvgIpc) is 2.05. The van der Waals surface area contributed by atoms with Crippen molar-refractivity contribution < 1.29 is 18.0 Å². The van der Waals surface area contributed by atoms with E-state index in [-0.39, 0.29) is 18.9 Å². The summed E-state index contributed by atoms with van der Waals surface area (Å²) in [7, 11) is 0. The van der Waals surface area contributed by atoms with Gasteiger partial charge in [0.25, 0.3) is 0 Å². The van der Waals surface area contributed by atoms with E-state index in [2.05, 4.69) is 5.32 Å². The lowest BCUT2D eigenvalue weighted by molar-refractivity contribution is -0.161. The Morgan fingerprint density at radius 2 is 2.07 bits per heavy atom. The van der Waals surface area contributed by atoms with Gasteiger partial charge in [0.05, 0.1) is 0 Å². The highest BCUT2D eigenvalue weighted by atomic mass is 19.4. The van der Waals surface area contributed by atoms with E-state index in [9.17, 15) is 18.0 Å². The molecule has 6 heteroatoms. The molecule has 1 aliphatic rings. The topological polar surface area (TPSA) is 32.3 Å². The van der Waals surface area contributed by atoms with Crippen LogP contribution < -0.4 is 5.32 Å². The molecular weight excluding hydrogens is 209 g/mol. The normalized spacial score (nSPS) is 17.3. The summed E-state index contributed by atoms with van der Waals surface area (Å²) in [5.74, 6) is -0.193. The predicted molar refractivity (Wildman–Crippen MR) is 49.3 cm³/mol. The van der Waals surface area contributed by atoms with Crippen molar-refractivity contribution in [1.29, 1.82) is 0 Å². The fourth-order valence-corrected chi connectivity index (χ4v) is 1.46. The molecule has 1 rings (SSSR count). The van der Waals surface area contributed by atoms with Gasteiger partial charge >= 0.3 is 6.18 Å². The van der Waals surface area contributed by atoms with E-state index >= 15 is 0 Å². The molecule has 1 fully saturated rings. The highest BCUT2D eigenvalue weighted by molar-refractivity contribution is 5.76. The SMILES string of the molecule is CCN(CC(F)(F)F)C(=O)CC1CNC1. The van der Waals surface area contributed by atoms with E-state index in [0.717, 1.165) is 18.0 Å². The Bertz CT molecular complexity index is 226. The molecule has 0 spiro atoms. The van der Waals surface area contributed by atoms with Crippen molar-refractivity contribution in [2.75, 3.05) is 26.2 Å². The maximum Gasteiger partial charge on any atom is 0.406 e. The van der Waals surface area contributed by atoms with Crippen LogP contribution in [0, 0.1) is 5.92 Å². The van der Waals surface area contributed by atoms with Gasteiger partial charge in [-0.15, -0.1) is 0 Å². The van der Waals surface area contributed by atoms with Gasteiger partial charge in [0.1, 0.15) is 6.54 Å². The summed E-state index contributed by atoms with van der Waals surface area (Å²) in [4.78, 5) is 12.3. The molecule has 88 valence electrons. The fraction of sp³-hybridized carbons (Fsp3) is 0.889. The molecule has 1 amide bonds. The average molecular weight is 224 g/mol. The summed E-state index contributed by atoms with van der Waals surface area (Å²) in [6.45, 7) is 1.99. The van der Waals surface area contributed by atoms with Crippen molar-refractivity contribution in [3.05, 3.63) is 0 Å². The number of hydrogen-bond donors (Lipinski definition) is 1. The summed E-state index contributed by atoms with van der Waals surface area (Å²) in [5.41, 5.74) is 0. The van der Waals surface area contributed by atoms with E-state index < -0.39 is 18.6 Å². The Balaban J connectivity index is 2.38. The smallest absolute Gasteiger partial charge is 0.334 e. The number of rotatable bonds is 4. The van der Waals surface area contributed by atoms with E-state index in [0.29, 0.717) is 0 Å². The number of nitrogens with one attached hydrogen (secondary N) is 1. The Kier molecular flexibility index (Phi) is 3.96. The number of halogens is 3. The Morgan fingerprint density at radius 3 is 2.40 bits per heavy atom. The van der Waals surface area contributed by atoms with Crippen LogP contribution in [0.2, 0.25) is 0 Å². The van der Waals surface area contributed by atoms with Crippen LogP contribution in [0.3, 0.4) is 0 Å². The van der Waals surface area contributed by atoms with Crippen molar-refractivity contribution in [3.63, 3.8) is 0 Å². The molecular formula is C9H15F3N2O. The fourth-order valence-electron chi connectivity index (χ4n) is 1.46. The molecule has 0 aromatic rings. The first-order chi connectivity index (χ1) is 6.92. The molecule has 0 atom stereocenters. The first-order valence-electron chi connectivity index (χ1n) is 4.97. The van der Waals surface area contributed by atoms with E-state index in [1.165, 1.54) is 0 Å². The number of hydrogen-bond acceptors (Lipinski definition) is 2. The monoisotopic (exact) mass is 224 g/mol. The Hall–Kier alpha value is -0.780. The van der Waals surface area contributed by atoms with Crippen molar-refractivity contribution in [3.8, 4) is 0 Å². The molecule has 1 heterocycles. The Morgan fingerprint density at radius 1 is 1.47 bits per heavy atom. The lowest BCUT2D eigenvalue weighted by atomic mass is 9.99. The summed E-state index contributed by atoms with van der Waals surface area (Å²) < 4.78 is 36.2. The molecule has 1 N–H and O–H groups in total. The number of amides is 1. The second-order valence-electron chi connectivity index (χ2n) is 3.75. The van der Waals surface area contributed by atoms with Gasteiger partial charge < -0.3 is 10.2 Å². The van der Waals surface area contributed by atoms with Crippen LogP contribution in [-0.2, 0) is 4.79 Å². The molecule has 0 bridgehead atoms. The molecule has 1 aliphatic heterocycles. The number of nitrogens with zero attached hydrogens (tertiary/aromatic N) is 1. The van der Waals surface area contributed by atoms with Crippen molar-refractivity contribution in [1.82, 2.24) is 10.2 Å². The highest BCUT2D eigenvalue weighted by Crippen LogP contribution is 2.18.